The van der Waals surface area contributed by atoms with Crippen LogP contribution >= 0.6 is 11.3 Å². The number of hydrogen-bond acceptors (Lipinski definition) is 4. The van der Waals surface area contributed by atoms with Crippen LogP contribution in [0, 0.1) is 0 Å². The minimum absolute atomic E-state index is 0.0961. The van der Waals surface area contributed by atoms with Crippen molar-refractivity contribution in [3.8, 4) is 5.75 Å². The zero-order valence-electron chi connectivity index (χ0n) is 21.0. The summed E-state index contributed by atoms with van der Waals surface area (Å²) in [6.45, 7) is 0.470. The molecule has 1 heterocycles. The Morgan fingerprint density at radius 1 is 0.868 bits per heavy atom. The van der Waals surface area contributed by atoms with E-state index < -0.39 is 0 Å². The Balaban J connectivity index is 1.38. The number of carbonyl (C=O) groups is 1. The van der Waals surface area contributed by atoms with Crippen molar-refractivity contribution >= 4 is 44.9 Å². The lowest BCUT2D eigenvalue weighted by atomic mass is 9.95. The van der Waals surface area contributed by atoms with E-state index in [0.29, 0.717) is 12.2 Å². The summed E-state index contributed by atoms with van der Waals surface area (Å²) in [6.07, 6.45) is 6.04. The summed E-state index contributed by atoms with van der Waals surface area (Å²) in [4.78, 5) is 19.8. The summed E-state index contributed by atoms with van der Waals surface area (Å²) < 4.78 is 6.29. The van der Waals surface area contributed by atoms with E-state index in [-0.39, 0.29) is 5.91 Å². The van der Waals surface area contributed by atoms with Crippen LogP contribution in [-0.2, 0) is 19.4 Å². The van der Waals surface area contributed by atoms with Crippen molar-refractivity contribution in [2.24, 2.45) is 4.99 Å². The lowest BCUT2D eigenvalue weighted by Gasteiger charge is -2.13. The number of para-hydroxylation sites is 1. The Hall–Kier alpha value is -4.22. The van der Waals surface area contributed by atoms with Crippen LogP contribution < -0.4 is 10.1 Å². The summed E-state index contributed by atoms with van der Waals surface area (Å²) in [6, 6.07) is 32.1. The molecule has 0 atom stereocenters. The highest BCUT2D eigenvalue weighted by Gasteiger charge is 2.25. The highest BCUT2D eigenvalue weighted by molar-refractivity contribution is 7.16. The van der Waals surface area contributed by atoms with Crippen LogP contribution in [0.5, 0.6) is 5.75 Å². The number of benzene rings is 4. The zero-order chi connectivity index (χ0) is 25.7. The van der Waals surface area contributed by atoms with Gasteiger partial charge in [0.1, 0.15) is 17.4 Å². The molecule has 4 nitrogen and oxygen atoms in total. The first-order valence-corrected chi connectivity index (χ1v) is 13.8. The second-order valence-corrected chi connectivity index (χ2v) is 10.5. The number of carbonyl (C=O) groups excluding carboxylic acids is 1. The molecule has 1 aromatic heterocycles. The molecule has 38 heavy (non-hydrogen) atoms. The third kappa shape index (κ3) is 5.11. The third-order valence-corrected chi connectivity index (χ3v) is 8.09. The lowest BCUT2D eigenvalue weighted by molar-refractivity contribution is 0.102. The molecule has 188 valence electrons. The van der Waals surface area contributed by atoms with Gasteiger partial charge in [-0.05, 0) is 65.8 Å². The normalized spacial score (nSPS) is 12.9. The number of amides is 1. The topological polar surface area (TPSA) is 50.7 Å². The van der Waals surface area contributed by atoms with Gasteiger partial charge in [0.15, 0.2) is 0 Å². The molecule has 1 aliphatic rings. The molecule has 0 saturated carbocycles. The van der Waals surface area contributed by atoms with Gasteiger partial charge >= 0.3 is 0 Å². The number of fused-ring (bicyclic) bond motifs is 2. The summed E-state index contributed by atoms with van der Waals surface area (Å²) in [7, 11) is 0. The molecular formula is C33H28N2O2S. The number of thiophene rings is 1. The Morgan fingerprint density at radius 3 is 2.45 bits per heavy atom. The van der Waals surface area contributed by atoms with Crippen molar-refractivity contribution in [2.45, 2.75) is 32.3 Å². The van der Waals surface area contributed by atoms with Gasteiger partial charge in [0, 0.05) is 22.3 Å². The molecule has 0 unspecified atom stereocenters. The van der Waals surface area contributed by atoms with Gasteiger partial charge in [0.05, 0.1) is 5.56 Å². The first-order valence-electron chi connectivity index (χ1n) is 13.0. The van der Waals surface area contributed by atoms with E-state index in [1.807, 2.05) is 72.9 Å². The van der Waals surface area contributed by atoms with Gasteiger partial charge in [-0.2, -0.15) is 0 Å². The molecule has 1 aliphatic carbocycles. The number of ether oxygens (including phenoxy) is 1. The SMILES string of the molecule is O=C(Nc1ccccc1)c1c(/N=C\c2c(OCc3ccccc3)ccc3ccccc23)sc2c1CCCC2. The maximum absolute atomic E-state index is 13.5. The molecule has 1 N–H and O–H groups in total. The van der Waals surface area contributed by atoms with Gasteiger partial charge < -0.3 is 10.1 Å². The van der Waals surface area contributed by atoms with Crippen LogP contribution in [0.4, 0.5) is 10.7 Å². The van der Waals surface area contributed by atoms with Crippen molar-refractivity contribution in [3.05, 3.63) is 124 Å². The van der Waals surface area contributed by atoms with Gasteiger partial charge in [-0.25, -0.2) is 4.99 Å². The van der Waals surface area contributed by atoms with Gasteiger partial charge in [-0.1, -0.05) is 78.9 Å². The van der Waals surface area contributed by atoms with Crippen molar-refractivity contribution < 1.29 is 9.53 Å². The van der Waals surface area contributed by atoms with Gasteiger partial charge in [0.2, 0.25) is 0 Å². The molecule has 0 fully saturated rings. The largest absolute Gasteiger partial charge is 0.488 e. The number of nitrogens with zero attached hydrogens (tertiary/aromatic N) is 1. The minimum Gasteiger partial charge on any atom is -0.488 e. The van der Waals surface area contributed by atoms with Crippen LogP contribution in [0.25, 0.3) is 10.8 Å². The molecule has 4 aromatic carbocycles. The highest BCUT2D eigenvalue weighted by Crippen LogP contribution is 2.40. The van der Waals surface area contributed by atoms with E-state index in [0.717, 1.165) is 69.6 Å². The number of hydrogen-bond donors (Lipinski definition) is 1. The number of aliphatic imine (C=N–C) groups is 1. The van der Waals surface area contributed by atoms with E-state index in [1.54, 1.807) is 11.3 Å². The van der Waals surface area contributed by atoms with Gasteiger partial charge in [-0.3, -0.25) is 4.79 Å². The third-order valence-electron chi connectivity index (χ3n) is 6.89. The molecule has 6 rings (SSSR count). The first kappa shape index (κ1) is 24.1. The fourth-order valence-electron chi connectivity index (χ4n) is 4.98. The Bertz CT molecular complexity index is 1610. The maximum Gasteiger partial charge on any atom is 0.259 e. The Kier molecular flexibility index (Phi) is 7.01. The number of nitrogens with one attached hydrogen (secondary N) is 1. The fourth-order valence-corrected chi connectivity index (χ4v) is 6.22. The molecule has 0 radical (unpaired) electrons. The van der Waals surface area contributed by atoms with E-state index in [1.165, 1.54) is 4.88 Å². The summed E-state index contributed by atoms with van der Waals surface area (Å²) in [5.74, 6) is 0.675. The molecule has 0 bridgehead atoms. The number of rotatable bonds is 7. The maximum atomic E-state index is 13.5. The summed E-state index contributed by atoms with van der Waals surface area (Å²) in [5.41, 5.74) is 4.67. The van der Waals surface area contributed by atoms with Crippen LogP contribution in [-0.4, -0.2) is 12.1 Å². The smallest absolute Gasteiger partial charge is 0.259 e. The van der Waals surface area contributed by atoms with Crippen LogP contribution in [0.3, 0.4) is 0 Å². The van der Waals surface area contributed by atoms with E-state index in [2.05, 4.69) is 35.6 Å². The molecule has 0 aliphatic heterocycles. The Labute approximate surface area is 226 Å². The summed E-state index contributed by atoms with van der Waals surface area (Å²) >= 11 is 1.64. The quantitative estimate of drug-likeness (QED) is 0.221. The molecular weight excluding hydrogens is 488 g/mol. The second-order valence-electron chi connectivity index (χ2n) is 9.44. The predicted molar refractivity (Wildman–Crippen MR) is 157 cm³/mol. The molecule has 1 amide bonds. The zero-order valence-corrected chi connectivity index (χ0v) is 21.8. The predicted octanol–water partition coefficient (Wildman–Crippen LogP) is 8.36. The molecule has 5 heteroatoms. The summed E-state index contributed by atoms with van der Waals surface area (Å²) in [5, 5.41) is 6.03. The average Bonchev–Trinajstić information content (AvgIpc) is 3.34. The van der Waals surface area contributed by atoms with Crippen LogP contribution in [0.1, 0.15) is 44.8 Å². The standard InChI is InChI=1S/C33H28N2O2S/c36-32(35-25-14-5-2-6-15-25)31-27-17-9-10-18-30(27)38-33(31)34-21-28-26-16-8-7-13-24(26)19-20-29(28)37-22-23-11-3-1-4-12-23/h1-8,11-16,19-21H,9-10,17-18,22H2,(H,35,36)/b34-21-. The van der Waals surface area contributed by atoms with Crippen molar-refractivity contribution in [3.63, 3.8) is 0 Å². The lowest BCUT2D eigenvalue weighted by Crippen LogP contribution is -2.14. The minimum atomic E-state index is -0.0961. The number of anilines is 1. The highest BCUT2D eigenvalue weighted by atomic mass is 32.1. The van der Waals surface area contributed by atoms with E-state index >= 15 is 0 Å². The second kappa shape index (κ2) is 11.0. The van der Waals surface area contributed by atoms with Gasteiger partial charge in [0.25, 0.3) is 5.91 Å². The molecule has 5 aromatic rings. The number of aryl methyl sites for hydroxylation is 1. The van der Waals surface area contributed by atoms with Gasteiger partial charge in [-0.15, -0.1) is 11.3 Å². The van der Waals surface area contributed by atoms with E-state index in [9.17, 15) is 4.79 Å². The first-order chi connectivity index (χ1) is 18.8. The average molecular weight is 517 g/mol. The monoisotopic (exact) mass is 516 g/mol. The van der Waals surface area contributed by atoms with Crippen molar-refractivity contribution in [2.75, 3.05) is 5.32 Å². The van der Waals surface area contributed by atoms with Crippen molar-refractivity contribution in [1.29, 1.82) is 0 Å². The fraction of sp³-hybridized carbons (Fsp3) is 0.152. The van der Waals surface area contributed by atoms with Crippen LogP contribution in [0.15, 0.2) is 102 Å². The Morgan fingerprint density at radius 2 is 1.61 bits per heavy atom. The van der Waals surface area contributed by atoms with Crippen molar-refractivity contribution in [1.82, 2.24) is 0 Å². The molecule has 0 spiro atoms. The van der Waals surface area contributed by atoms with E-state index in [4.69, 9.17) is 9.73 Å². The molecule has 0 saturated heterocycles. The van der Waals surface area contributed by atoms with Crippen LogP contribution in [0.2, 0.25) is 0 Å².